The van der Waals surface area contributed by atoms with Gasteiger partial charge in [0.05, 0.1) is 48.9 Å². The number of benzene rings is 5. The highest BCUT2D eigenvalue weighted by molar-refractivity contribution is 7.94. The fourth-order valence-corrected chi connectivity index (χ4v) is 10.1. The molecule has 1 aliphatic rings. The summed E-state index contributed by atoms with van der Waals surface area (Å²) in [5.41, 5.74) is 14.3. The van der Waals surface area contributed by atoms with Gasteiger partial charge in [-0.05, 0) is 74.8 Å². The molecule has 1 unspecified atom stereocenters. The number of para-hydroxylation sites is 1. The summed E-state index contributed by atoms with van der Waals surface area (Å²) in [7, 11) is -2.51. The smallest absolute Gasteiger partial charge is 0.409 e. The van der Waals surface area contributed by atoms with Gasteiger partial charge in [0.1, 0.15) is 12.4 Å². The van der Waals surface area contributed by atoms with Crippen LogP contribution in [0.2, 0.25) is 0 Å². The first kappa shape index (κ1) is 48.2. The monoisotopic (exact) mass is 988 g/mol. The Labute approximate surface area is 411 Å². The summed E-state index contributed by atoms with van der Waals surface area (Å²) in [5.74, 6) is -4.31. The molecule has 5 aromatic carbocycles. The number of nitrogens with zero attached hydrogens (tertiary/aromatic N) is 8. The number of anilines is 1. The van der Waals surface area contributed by atoms with Gasteiger partial charge in [-0.25, -0.2) is 22.4 Å². The van der Waals surface area contributed by atoms with Crippen molar-refractivity contribution in [2.24, 2.45) is 5.11 Å². The van der Waals surface area contributed by atoms with Gasteiger partial charge in [0.2, 0.25) is 17.2 Å². The van der Waals surface area contributed by atoms with E-state index in [-0.39, 0.29) is 49.0 Å². The average molecular weight is 989 g/mol. The molecule has 3 heterocycles. The van der Waals surface area contributed by atoms with Crippen molar-refractivity contribution < 1.29 is 41.0 Å². The molecule has 3 aromatic heterocycles. The summed E-state index contributed by atoms with van der Waals surface area (Å²) in [6, 6.07) is 35.6. The highest BCUT2D eigenvalue weighted by Gasteiger charge is 2.37. The molecule has 0 fully saturated rings. The fraction of sp³-hybridized carbons (Fsp3) is 0.154. The number of esters is 1. The van der Waals surface area contributed by atoms with Gasteiger partial charge in [-0.1, -0.05) is 102 Å². The van der Waals surface area contributed by atoms with Gasteiger partial charge in [-0.15, -0.1) is 0 Å². The molecule has 0 radical (unpaired) electrons. The number of azide groups is 1. The van der Waals surface area contributed by atoms with E-state index in [2.05, 4.69) is 40.2 Å². The molecule has 72 heavy (non-hydrogen) atoms. The Balaban J connectivity index is 1.04. The first-order valence-corrected chi connectivity index (χ1v) is 23.8. The van der Waals surface area contributed by atoms with Gasteiger partial charge in [0, 0.05) is 58.9 Å². The van der Waals surface area contributed by atoms with Crippen LogP contribution in [-0.2, 0) is 30.9 Å². The number of carbonyl (C=O) groups is 2. The number of sulfonamides is 1. The predicted molar refractivity (Wildman–Crippen MR) is 265 cm³/mol. The number of ether oxygens (including phenoxy) is 3. The lowest BCUT2D eigenvalue weighted by atomic mass is 9.96. The molecule has 0 spiro atoms. The summed E-state index contributed by atoms with van der Waals surface area (Å²) in [6.45, 7) is -0.611. The Kier molecular flexibility index (Phi) is 14.1. The second-order valence-corrected chi connectivity index (χ2v) is 18.1. The molecular weight excluding hydrogens is 947 g/mol. The van der Waals surface area contributed by atoms with Crippen molar-refractivity contribution in [3.05, 3.63) is 185 Å². The Morgan fingerprint density at radius 1 is 0.819 bits per heavy atom. The minimum Gasteiger partial charge on any atom is -0.480 e. The van der Waals surface area contributed by atoms with E-state index in [4.69, 9.17) is 19.7 Å². The van der Waals surface area contributed by atoms with Gasteiger partial charge in [0.15, 0.2) is 0 Å². The van der Waals surface area contributed by atoms with Gasteiger partial charge < -0.3 is 19.1 Å². The van der Waals surface area contributed by atoms with Gasteiger partial charge in [-0.3, -0.25) is 15.0 Å². The maximum atomic E-state index is 17.3. The van der Waals surface area contributed by atoms with Crippen molar-refractivity contribution in [1.82, 2.24) is 30.4 Å². The van der Waals surface area contributed by atoms with E-state index in [1.807, 2.05) is 48.5 Å². The Hall–Kier alpha value is -8.84. The molecule has 1 amide bonds. The van der Waals surface area contributed by atoms with E-state index in [1.54, 1.807) is 36.7 Å². The minimum atomic E-state index is -4.91. The minimum absolute atomic E-state index is 0.0880. The molecule has 0 bridgehead atoms. The van der Waals surface area contributed by atoms with Crippen LogP contribution < -0.4 is 14.8 Å². The fourth-order valence-electron chi connectivity index (χ4n) is 8.80. The van der Waals surface area contributed by atoms with Crippen molar-refractivity contribution in [3.8, 4) is 50.4 Å². The number of carbonyl (C=O) groups excluding carboxylic acids is 2. The predicted octanol–water partition coefficient (Wildman–Crippen LogP) is 9.93. The van der Waals surface area contributed by atoms with Gasteiger partial charge >= 0.3 is 12.1 Å². The Morgan fingerprint density at radius 2 is 1.53 bits per heavy atom. The molecular formula is C52H42F2N10O7S. The van der Waals surface area contributed by atoms with Crippen LogP contribution in [0.1, 0.15) is 22.6 Å². The molecule has 8 aromatic rings. The van der Waals surface area contributed by atoms with E-state index in [1.165, 1.54) is 72.8 Å². The number of rotatable bonds is 17. The third kappa shape index (κ3) is 9.82. The van der Waals surface area contributed by atoms with Crippen LogP contribution in [0.25, 0.3) is 65.9 Å². The van der Waals surface area contributed by atoms with Crippen molar-refractivity contribution in [2.45, 2.75) is 17.9 Å². The summed E-state index contributed by atoms with van der Waals surface area (Å²) in [6.07, 6.45) is 3.98. The molecule has 9 rings (SSSR count). The molecule has 0 aliphatic heterocycles. The van der Waals surface area contributed by atoms with Crippen molar-refractivity contribution in [1.29, 1.82) is 0 Å². The topological polar surface area (TPSA) is 224 Å². The molecule has 2 N–H and O–H groups in total. The van der Waals surface area contributed by atoms with Crippen LogP contribution in [-0.4, -0.2) is 84.8 Å². The summed E-state index contributed by atoms with van der Waals surface area (Å²) < 4.78 is 81.4. The van der Waals surface area contributed by atoms with Crippen LogP contribution in [0, 0.1) is 11.8 Å². The van der Waals surface area contributed by atoms with E-state index < -0.39 is 56.2 Å². The molecule has 20 heteroatoms. The summed E-state index contributed by atoms with van der Waals surface area (Å²) in [4.78, 5) is 40.0. The van der Waals surface area contributed by atoms with Gasteiger partial charge in [0.25, 0.3) is 10.0 Å². The lowest BCUT2D eigenvalue weighted by molar-refractivity contribution is -0.145. The maximum Gasteiger partial charge on any atom is 0.409 e. The Bertz CT molecular complexity index is 3470. The largest absolute Gasteiger partial charge is 0.480 e. The van der Waals surface area contributed by atoms with E-state index in [0.717, 1.165) is 29.4 Å². The van der Waals surface area contributed by atoms with Crippen LogP contribution in [0.5, 0.6) is 5.88 Å². The molecule has 362 valence electrons. The number of aromatic nitrogens is 4. The lowest BCUT2D eigenvalue weighted by Gasteiger charge is -2.27. The highest BCUT2D eigenvalue weighted by atomic mass is 32.2. The normalized spacial score (nSPS) is 12.3. The first-order valence-electron chi connectivity index (χ1n) is 22.2. The summed E-state index contributed by atoms with van der Waals surface area (Å²) in [5, 5.41) is 12.5. The number of pyridine rings is 2. The Morgan fingerprint density at radius 3 is 2.21 bits per heavy atom. The average Bonchev–Trinajstić information content (AvgIpc) is 3.71. The number of hydrogen-bond donors (Lipinski definition) is 2. The van der Waals surface area contributed by atoms with Crippen molar-refractivity contribution >= 4 is 44.4 Å². The van der Waals surface area contributed by atoms with E-state index in [9.17, 15) is 18.0 Å². The van der Waals surface area contributed by atoms with E-state index >= 15 is 8.78 Å². The lowest BCUT2D eigenvalue weighted by Crippen LogP contribution is -2.50. The van der Waals surface area contributed by atoms with Crippen LogP contribution >= 0.6 is 0 Å². The first-order chi connectivity index (χ1) is 35.0. The highest BCUT2D eigenvalue weighted by Crippen LogP contribution is 2.45. The summed E-state index contributed by atoms with van der Waals surface area (Å²) >= 11 is 0. The molecule has 17 nitrogen and oxygen atoms in total. The number of fused-ring (bicyclic) bond motifs is 4. The number of halogens is 2. The third-order valence-electron chi connectivity index (χ3n) is 12.1. The standard InChI is InChI=1S/C52H42F2N10O7S/c1-69-49-46(47(53)45(48(54)60-49)32-17-20-43-41(27-32)35(22-23-56-43)33-21-24-58-59-28-33)40-13-7-8-14-44(40)62-72(67,68)50(51(65)71-30-31-15-18-34(19-16-31)61-63-55)57-25-26-64(52(66)70-2)29-42-38-11-5-3-9-36(38)37-10-4-6-12-39(37)42/h3-24,27-28,42,50,57,62H,25-26,29-30H2,1-2H3. The van der Waals surface area contributed by atoms with E-state index in [0.29, 0.717) is 33.3 Å². The van der Waals surface area contributed by atoms with Crippen molar-refractivity contribution in [3.63, 3.8) is 0 Å². The molecule has 1 atom stereocenters. The second-order valence-electron chi connectivity index (χ2n) is 16.3. The molecule has 0 saturated heterocycles. The maximum absolute atomic E-state index is 17.3. The quantitative estimate of drug-likeness (QED) is 0.0286. The zero-order chi connectivity index (χ0) is 50.4. The van der Waals surface area contributed by atoms with Crippen LogP contribution in [0.15, 0.2) is 151 Å². The zero-order valence-corrected chi connectivity index (χ0v) is 39.3. The third-order valence-corrected chi connectivity index (χ3v) is 13.6. The molecule has 1 aliphatic carbocycles. The van der Waals surface area contributed by atoms with Crippen LogP contribution in [0.4, 0.5) is 25.0 Å². The number of amides is 1. The second kappa shape index (κ2) is 21.0. The zero-order valence-electron chi connectivity index (χ0n) is 38.4. The number of hydrogen-bond acceptors (Lipinski definition) is 13. The number of nitrogens with one attached hydrogen (secondary N) is 2. The van der Waals surface area contributed by atoms with Crippen LogP contribution in [0.3, 0.4) is 0 Å². The van der Waals surface area contributed by atoms with Crippen molar-refractivity contribution in [2.75, 3.05) is 38.6 Å². The molecule has 0 saturated carbocycles. The number of methoxy groups -OCH3 is 2. The van der Waals surface area contributed by atoms with Gasteiger partial charge in [-0.2, -0.15) is 19.6 Å². The SMILES string of the molecule is COC(=O)N(CCNC(C(=O)OCc1ccc(N=[N+]=[N-])cc1)S(=O)(=O)Nc1ccccc1-c1c(OC)nc(F)c(-c2ccc3nccc(-c4ccnnc4)c3c2)c1F)CC1c2ccccc2-c2ccccc21.